The van der Waals surface area contributed by atoms with Gasteiger partial charge >= 0.3 is 0 Å². The maximum atomic E-state index is 10.9. The molecule has 1 saturated heterocycles. The number of aliphatic hydroxyl groups excluding tert-OH is 1. The molecule has 1 heterocycles. The number of benzene rings is 2. The molecule has 4 heteroatoms. The molecule has 0 aromatic heterocycles. The van der Waals surface area contributed by atoms with E-state index < -0.39 is 11.7 Å². The van der Waals surface area contributed by atoms with Crippen LogP contribution in [-0.2, 0) is 5.60 Å². The Balaban J connectivity index is 1.64. The van der Waals surface area contributed by atoms with Crippen molar-refractivity contribution in [2.75, 3.05) is 13.1 Å². The topological polar surface area (TPSA) is 63.9 Å². The Morgan fingerprint density at radius 3 is 2.12 bits per heavy atom. The van der Waals surface area contributed by atoms with Gasteiger partial charge in [0.25, 0.3) is 0 Å². The molecule has 0 aliphatic carbocycles. The monoisotopic (exact) mass is 327 g/mol. The molecule has 3 rings (SSSR count). The van der Waals surface area contributed by atoms with E-state index in [1.807, 2.05) is 37.3 Å². The van der Waals surface area contributed by atoms with Crippen molar-refractivity contribution in [2.45, 2.75) is 37.5 Å². The van der Waals surface area contributed by atoms with Crippen molar-refractivity contribution >= 4 is 0 Å². The summed E-state index contributed by atoms with van der Waals surface area (Å²) in [7, 11) is 0. The van der Waals surface area contributed by atoms with Gasteiger partial charge in [-0.2, -0.15) is 0 Å². The molecular weight excluding hydrogens is 302 g/mol. The van der Waals surface area contributed by atoms with E-state index in [1.54, 1.807) is 24.3 Å². The molecule has 1 fully saturated rings. The highest BCUT2D eigenvalue weighted by Crippen LogP contribution is 2.34. The number of aliphatic hydroxyl groups is 2. The van der Waals surface area contributed by atoms with Gasteiger partial charge in [0, 0.05) is 19.1 Å². The van der Waals surface area contributed by atoms with Gasteiger partial charge in [-0.25, -0.2) is 0 Å². The molecule has 1 aliphatic rings. The van der Waals surface area contributed by atoms with Crippen molar-refractivity contribution in [2.24, 2.45) is 0 Å². The number of aromatic hydroxyl groups is 1. The van der Waals surface area contributed by atoms with Crippen LogP contribution in [0.1, 0.15) is 37.0 Å². The van der Waals surface area contributed by atoms with Crippen molar-refractivity contribution in [3.63, 3.8) is 0 Å². The van der Waals surface area contributed by atoms with E-state index in [0.29, 0.717) is 12.8 Å². The standard InChI is InChI=1S/C20H25NO3/c1-15(19(23)16-7-9-18(22)10-8-16)21-13-11-20(24,12-14-21)17-5-3-2-4-6-17/h2-10,15,19,22-24H,11-14H2,1H3/t15?,19-/m1/s1. The number of hydrogen-bond acceptors (Lipinski definition) is 4. The Hall–Kier alpha value is -1.88. The molecule has 1 aliphatic heterocycles. The quantitative estimate of drug-likeness (QED) is 0.808. The second-order valence-corrected chi connectivity index (χ2v) is 6.71. The highest BCUT2D eigenvalue weighted by atomic mass is 16.3. The summed E-state index contributed by atoms with van der Waals surface area (Å²) < 4.78 is 0. The van der Waals surface area contributed by atoms with Crippen LogP contribution in [0.3, 0.4) is 0 Å². The second-order valence-electron chi connectivity index (χ2n) is 6.71. The molecule has 0 spiro atoms. The van der Waals surface area contributed by atoms with Crippen LogP contribution >= 0.6 is 0 Å². The zero-order valence-corrected chi connectivity index (χ0v) is 14.0. The summed E-state index contributed by atoms with van der Waals surface area (Å²) in [5.74, 6) is 0.199. The van der Waals surface area contributed by atoms with E-state index in [-0.39, 0.29) is 11.8 Å². The number of likely N-dealkylation sites (tertiary alicyclic amines) is 1. The summed E-state index contributed by atoms with van der Waals surface area (Å²) in [5.41, 5.74) is 0.988. The van der Waals surface area contributed by atoms with Gasteiger partial charge in [-0.3, -0.25) is 4.90 Å². The van der Waals surface area contributed by atoms with E-state index in [2.05, 4.69) is 4.90 Å². The fraction of sp³-hybridized carbons (Fsp3) is 0.400. The minimum absolute atomic E-state index is 0.0464. The first-order chi connectivity index (χ1) is 11.5. The molecule has 0 bridgehead atoms. The lowest BCUT2D eigenvalue weighted by molar-refractivity contribution is -0.0501. The zero-order chi connectivity index (χ0) is 17.2. The van der Waals surface area contributed by atoms with Crippen molar-refractivity contribution in [3.8, 4) is 5.75 Å². The Morgan fingerprint density at radius 2 is 1.54 bits per heavy atom. The van der Waals surface area contributed by atoms with E-state index in [0.717, 1.165) is 24.2 Å². The second kappa shape index (κ2) is 6.93. The molecule has 0 radical (unpaired) electrons. The smallest absolute Gasteiger partial charge is 0.115 e. The summed E-state index contributed by atoms with van der Waals surface area (Å²) in [6.07, 6.45) is 0.696. The number of phenolic OH excluding ortho intramolecular Hbond substituents is 1. The Morgan fingerprint density at radius 1 is 0.958 bits per heavy atom. The summed E-state index contributed by atoms with van der Waals surface area (Å²) in [6.45, 7) is 3.48. The van der Waals surface area contributed by atoms with Crippen LogP contribution in [0.4, 0.5) is 0 Å². The number of hydrogen-bond donors (Lipinski definition) is 3. The van der Waals surface area contributed by atoms with Gasteiger partial charge in [0.15, 0.2) is 0 Å². The minimum Gasteiger partial charge on any atom is -0.508 e. The lowest BCUT2D eigenvalue weighted by atomic mass is 9.83. The first-order valence-electron chi connectivity index (χ1n) is 8.48. The first-order valence-corrected chi connectivity index (χ1v) is 8.48. The van der Waals surface area contributed by atoms with Gasteiger partial charge in [0.2, 0.25) is 0 Å². The van der Waals surface area contributed by atoms with E-state index in [9.17, 15) is 15.3 Å². The fourth-order valence-corrected chi connectivity index (χ4v) is 3.49. The molecule has 128 valence electrons. The molecule has 2 aromatic rings. The van der Waals surface area contributed by atoms with Crippen molar-refractivity contribution in [1.29, 1.82) is 0 Å². The molecule has 1 unspecified atom stereocenters. The summed E-state index contributed by atoms with van der Waals surface area (Å²) in [4.78, 5) is 2.22. The van der Waals surface area contributed by atoms with Crippen LogP contribution in [0.15, 0.2) is 54.6 Å². The van der Waals surface area contributed by atoms with Crippen LogP contribution in [-0.4, -0.2) is 39.4 Å². The van der Waals surface area contributed by atoms with Crippen molar-refractivity contribution in [3.05, 3.63) is 65.7 Å². The van der Waals surface area contributed by atoms with Gasteiger partial charge in [0.05, 0.1) is 11.7 Å². The highest BCUT2D eigenvalue weighted by molar-refractivity contribution is 5.28. The average molecular weight is 327 g/mol. The Labute approximate surface area is 143 Å². The van der Waals surface area contributed by atoms with Crippen LogP contribution in [0.2, 0.25) is 0 Å². The number of nitrogens with zero attached hydrogens (tertiary/aromatic N) is 1. The summed E-state index contributed by atoms with van der Waals surface area (Å²) in [6, 6.07) is 16.5. The van der Waals surface area contributed by atoms with Gasteiger partial charge in [-0.15, -0.1) is 0 Å². The van der Waals surface area contributed by atoms with Gasteiger partial charge in [-0.05, 0) is 43.0 Å². The molecule has 4 nitrogen and oxygen atoms in total. The largest absolute Gasteiger partial charge is 0.508 e. The maximum Gasteiger partial charge on any atom is 0.115 e. The van der Waals surface area contributed by atoms with Gasteiger partial charge < -0.3 is 15.3 Å². The third kappa shape index (κ3) is 3.46. The number of phenols is 1. The molecule has 0 amide bonds. The Kier molecular flexibility index (Phi) is 4.90. The van der Waals surface area contributed by atoms with Crippen LogP contribution in [0.25, 0.3) is 0 Å². The molecule has 2 aromatic carbocycles. The lowest BCUT2D eigenvalue weighted by Crippen LogP contribution is -2.47. The van der Waals surface area contributed by atoms with Crippen molar-refractivity contribution < 1.29 is 15.3 Å². The average Bonchev–Trinajstić information content (AvgIpc) is 2.62. The Bertz CT molecular complexity index is 648. The summed E-state index contributed by atoms with van der Waals surface area (Å²) >= 11 is 0. The zero-order valence-electron chi connectivity index (χ0n) is 14.0. The predicted molar refractivity (Wildman–Crippen MR) is 93.7 cm³/mol. The third-order valence-corrected chi connectivity index (χ3v) is 5.20. The fourth-order valence-electron chi connectivity index (χ4n) is 3.49. The van der Waals surface area contributed by atoms with Gasteiger partial charge in [-0.1, -0.05) is 42.5 Å². The highest BCUT2D eigenvalue weighted by Gasteiger charge is 2.36. The predicted octanol–water partition coefficient (Wildman–Crippen LogP) is 2.80. The van der Waals surface area contributed by atoms with Crippen LogP contribution < -0.4 is 0 Å². The molecule has 0 saturated carbocycles. The number of piperidine rings is 1. The lowest BCUT2D eigenvalue weighted by Gasteiger charge is -2.42. The molecule has 3 N–H and O–H groups in total. The minimum atomic E-state index is -0.777. The van der Waals surface area contributed by atoms with E-state index in [1.165, 1.54) is 0 Å². The van der Waals surface area contributed by atoms with Crippen LogP contribution in [0.5, 0.6) is 5.75 Å². The number of rotatable bonds is 4. The molecule has 2 atom stereocenters. The van der Waals surface area contributed by atoms with E-state index in [4.69, 9.17) is 0 Å². The first kappa shape index (κ1) is 17.0. The maximum absolute atomic E-state index is 10.9. The van der Waals surface area contributed by atoms with Crippen LogP contribution in [0, 0.1) is 0 Å². The van der Waals surface area contributed by atoms with E-state index >= 15 is 0 Å². The normalized spacial score (nSPS) is 20.5. The molecular formula is C20H25NO3. The van der Waals surface area contributed by atoms with Crippen molar-refractivity contribution in [1.82, 2.24) is 4.90 Å². The summed E-state index contributed by atoms with van der Waals surface area (Å²) in [5, 5.41) is 30.9. The molecule has 24 heavy (non-hydrogen) atoms. The third-order valence-electron chi connectivity index (χ3n) is 5.20. The van der Waals surface area contributed by atoms with Gasteiger partial charge in [0.1, 0.15) is 5.75 Å². The SMILES string of the molecule is CC([C@@H](O)c1ccc(O)cc1)N1CCC(O)(c2ccccc2)CC1.